The summed E-state index contributed by atoms with van der Waals surface area (Å²) in [6.45, 7) is 0. The van der Waals surface area contributed by atoms with Gasteiger partial charge < -0.3 is 15.2 Å². The van der Waals surface area contributed by atoms with Gasteiger partial charge in [-0.05, 0) is 36.4 Å². The van der Waals surface area contributed by atoms with Gasteiger partial charge in [0.05, 0.1) is 17.7 Å². The van der Waals surface area contributed by atoms with E-state index in [1.54, 1.807) is 19.5 Å². The number of rotatable bonds is 4. The minimum Gasteiger partial charge on any atom is -0.497 e. The Morgan fingerprint density at radius 3 is 2.96 bits per heavy atom. The van der Waals surface area contributed by atoms with Crippen LogP contribution in [0.2, 0.25) is 0 Å². The molecule has 2 aromatic heterocycles. The fourth-order valence-corrected chi connectivity index (χ4v) is 3.29. The molecule has 0 bridgehead atoms. The molecule has 3 heterocycles. The number of aromatic nitrogens is 2. The average molecular weight is 350 g/mol. The fraction of sp³-hybridized carbons (Fsp3) is 0.0556. The molecule has 3 aromatic rings. The SMILES string of the molecule is COc1ccc2c(c1)C(=Cc1sc(Nc3ccccn3)nc1O)C=N2. The second kappa shape index (κ2) is 6.37. The number of aromatic hydroxyl groups is 1. The molecule has 6 nitrogen and oxygen atoms in total. The van der Waals surface area contributed by atoms with Crippen LogP contribution in [0.5, 0.6) is 11.6 Å². The summed E-state index contributed by atoms with van der Waals surface area (Å²) in [5.74, 6) is 1.41. The largest absolute Gasteiger partial charge is 0.497 e. The quantitative estimate of drug-likeness (QED) is 0.735. The lowest BCUT2D eigenvalue weighted by Crippen LogP contribution is -1.90. The number of pyridine rings is 1. The van der Waals surface area contributed by atoms with Crippen molar-refractivity contribution in [3.8, 4) is 11.6 Å². The third-order valence-corrected chi connectivity index (χ3v) is 4.59. The number of fused-ring (bicyclic) bond motifs is 1. The summed E-state index contributed by atoms with van der Waals surface area (Å²) >= 11 is 1.34. The van der Waals surface area contributed by atoms with Crippen molar-refractivity contribution < 1.29 is 9.84 Å². The first-order valence-electron chi connectivity index (χ1n) is 7.55. The van der Waals surface area contributed by atoms with Gasteiger partial charge in [0, 0.05) is 23.5 Å². The first-order valence-corrected chi connectivity index (χ1v) is 8.36. The number of anilines is 2. The van der Waals surface area contributed by atoms with Gasteiger partial charge in [0.2, 0.25) is 5.88 Å². The third kappa shape index (κ3) is 3.09. The van der Waals surface area contributed by atoms with Crippen LogP contribution in [0.15, 0.2) is 47.6 Å². The molecule has 0 fully saturated rings. The van der Waals surface area contributed by atoms with Gasteiger partial charge in [-0.15, -0.1) is 0 Å². The van der Waals surface area contributed by atoms with Crippen LogP contribution in [0.4, 0.5) is 16.6 Å². The number of allylic oxidation sites excluding steroid dienone is 1. The summed E-state index contributed by atoms with van der Waals surface area (Å²) in [6.07, 6.45) is 5.33. The lowest BCUT2D eigenvalue weighted by atomic mass is 10.1. The van der Waals surface area contributed by atoms with Gasteiger partial charge in [-0.25, -0.2) is 4.98 Å². The molecule has 0 saturated carbocycles. The maximum absolute atomic E-state index is 10.1. The average Bonchev–Trinajstić information content (AvgIpc) is 3.19. The zero-order valence-electron chi connectivity index (χ0n) is 13.3. The minimum absolute atomic E-state index is 0.0272. The summed E-state index contributed by atoms with van der Waals surface area (Å²) in [5.41, 5.74) is 2.74. The van der Waals surface area contributed by atoms with Gasteiger partial charge in [-0.3, -0.25) is 4.99 Å². The molecule has 0 spiro atoms. The summed E-state index contributed by atoms with van der Waals surface area (Å²) in [5, 5.41) is 13.8. The molecule has 25 heavy (non-hydrogen) atoms. The Bertz CT molecular complexity index is 980. The molecule has 0 aliphatic carbocycles. The molecule has 1 aliphatic heterocycles. The lowest BCUT2D eigenvalue weighted by Gasteiger charge is -2.03. The molecule has 4 rings (SSSR count). The molecule has 1 aliphatic rings. The van der Waals surface area contributed by atoms with Gasteiger partial charge in [-0.2, -0.15) is 4.98 Å². The number of aliphatic imine (C=N–C) groups is 1. The molecule has 0 radical (unpaired) electrons. The van der Waals surface area contributed by atoms with Gasteiger partial charge >= 0.3 is 0 Å². The summed E-state index contributed by atoms with van der Waals surface area (Å²) < 4.78 is 5.27. The predicted molar refractivity (Wildman–Crippen MR) is 100 cm³/mol. The highest BCUT2D eigenvalue weighted by molar-refractivity contribution is 7.16. The van der Waals surface area contributed by atoms with Crippen molar-refractivity contribution in [3.05, 3.63) is 53.0 Å². The number of hydrogen-bond donors (Lipinski definition) is 2. The van der Waals surface area contributed by atoms with E-state index in [4.69, 9.17) is 4.74 Å². The number of nitrogens with zero attached hydrogens (tertiary/aromatic N) is 3. The maximum Gasteiger partial charge on any atom is 0.231 e. The van der Waals surface area contributed by atoms with Gasteiger partial charge in [0.25, 0.3) is 0 Å². The van der Waals surface area contributed by atoms with E-state index >= 15 is 0 Å². The van der Waals surface area contributed by atoms with Crippen molar-refractivity contribution in [2.24, 2.45) is 4.99 Å². The van der Waals surface area contributed by atoms with Crippen molar-refractivity contribution in [2.45, 2.75) is 0 Å². The number of thiazole rings is 1. The summed E-state index contributed by atoms with van der Waals surface area (Å²) in [7, 11) is 1.63. The van der Waals surface area contributed by atoms with E-state index in [9.17, 15) is 5.11 Å². The zero-order chi connectivity index (χ0) is 17.2. The standard InChI is InChI=1S/C18H14N4O2S/c1-24-12-5-6-14-13(9-12)11(10-20-14)8-15-17(23)22-18(25-15)21-16-4-2-3-7-19-16/h2-10,23H,1H3,(H,19,21,22). The van der Waals surface area contributed by atoms with Crippen molar-refractivity contribution >= 4 is 45.8 Å². The molecular weight excluding hydrogens is 336 g/mol. The van der Waals surface area contributed by atoms with Crippen LogP contribution in [-0.2, 0) is 0 Å². The van der Waals surface area contributed by atoms with Crippen LogP contribution >= 0.6 is 11.3 Å². The number of ether oxygens (including phenoxy) is 1. The predicted octanol–water partition coefficient (Wildman–Crippen LogP) is 4.25. The Hall–Kier alpha value is -3.19. The number of nitrogens with one attached hydrogen (secondary N) is 1. The van der Waals surface area contributed by atoms with Crippen molar-refractivity contribution in [1.29, 1.82) is 0 Å². The smallest absolute Gasteiger partial charge is 0.231 e. The van der Waals surface area contributed by atoms with Gasteiger partial charge in [-0.1, -0.05) is 17.4 Å². The van der Waals surface area contributed by atoms with E-state index in [2.05, 4.69) is 20.3 Å². The Morgan fingerprint density at radius 1 is 1.24 bits per heavy atom. The van der Waals surface area contributed by atoms with Crippen molar-refractivity contribution in [3.63, 3.8) is 0 Å². The highest BCUT2D eigenvalue weighted by Crippen LogP contribution is 2.38. The van der Waals surface area contributed by atoms with Crippen LogP contribution in [0.1, 0.15) is 10.4 Å². The second-order valence-corrected chi connectivity index (χ2v) is 6.32. The van der Waals surface area contributed by atoms with Crippen LogP contribution in [-0.4, -0.2) is 28.4 Å². The molecule has 7 heteroatoms. The van der Waals surface area contributed by atoms with Gasteiger partial charge in [0.1, 0.15) is 11.6 Å². The van der Waals surface area contributed by atoms with Crippen LogP contribution in [0.25, 0.3) is 11.6 Å². The highest BCUT2D eigenvalue weighted by Gasteiger charge is 2.16. The van der Waals surface area contributed by atoms with E-state index in [1.165, 1.54) is 11.3 Å². The van der Waals surface area contributed by atoms with Crippen molar-refractivity contribution in [2.75, 3.05) is 12.4 Å². The topological polar surface area (TPSA) is 79.6 Å². The molecule has 2 N–H and O–H groups in total. The normalized spacial score (nSPS) is 13.9. The van der Waals surface area contributed by atoms with Crippen LogP contribution < -0.4 is 10.1 Å². The Kier molecular flexibility index (Phi) is 3.91. The van der Waals surface area contributed by atoms with E-state index in [1.807, 2.05) is 42.5 Å². The molecule has 0 saturated heterocycles. The van der Waals surface area contributed by atoms with E-state index in [-0.39, 0.29) is 5.88 Å². The molecular formula is C18H14N4O2S. The summed E-state index contributed by atoms with van der Waals surface area (Å²) in [4.78, 5) is 13.4. The number of hydrogen-bond acceptors (Lipinski definition) is 7. The molecule has 0 atom stereocenters. The number of benzene rings is 1. The number of methoxy groups -OCH3 is 1. The van der Waals surface area contributed by atoms with E-state index in [0.717, 1.165) is 22.6 Å². The molecule has 0 amide bonds. The van der Waals surface area contributed by atoms with E-state index < -0.39 is 0 Å². The monoisotopic (exact) mass is 350 g/mol. The lowest BCUT2D eigenvalue weighted by molar-refractivity contribution is 0.415. The first-order chi connectivity index (χ1) is 12.2. The van der Waals surface area contributed by atoms with Gasteiger partial charge in [0.15, 0.2) is 5.13 Å². The third-order valence-electron chi connectivity index (χ3n) is 3.68. The van der Waals surface area contributed by atoms with E-state index in [0.29, 0.717) is 15.8 Å². The molecule has 0 unspecified atom stereocenters. The Balaban J connectivity index is 1.64. The van der Waals surface area contributed by atoms with Crippen LogP contribution in [0, 0.1) is 0 Å². The maximum atomic E-state index is 10.1. The Morgan fingerprint density at radius 2 is 2.16 bits per heavy atom. The zero-order valence-corrected chi connectivity index (χ0v) is 14.1. The second-order valence-electron chi connectivity index (χ2n) is 5.29. The van der Waals surface area contributed by atoms with Crippen LogP contribution in [0.3, 0.4) is 0 Å². The minimum atomic E-state index is -0.0272. The van der Waals surface area contributed by atoms with Crippen molar-refractivity contribution in [1.82, 2.24) is 9.97 Å². The fourth-order valence-electron chi connectivity index (χ4n) is 2.47. The summed E-state index contributed by atoms with van der Waals surface area (Å²) in [6, 6.07) is 11.3. The Labute approximate surface area is 148 Å². The molecule has 1 aromatic carbocycles. The first kappa shape index (κ1) is 15.3. The highest BCUT2D eigenvalue weighted by atomic mass is 32.1. The molecule has 124 valence electrons.